The minimum absolute atomic E-state index is 0.213. The SMILES string of the molecule is Cc1ccc(CN2C(=O)S/C(=C\c3ccccc3C)C2=O)cc1. The third kappa shape index (κ3) is 3.37. The van der Waals surface area contributed by atoms with Crippen molar-refractivity contribution in [3.63, 3.8) is 0 Å². The molecule has 1 fully saturated rings. The van der Waals surface area contributed by atoms with Gasteiger partial charge in [0.25, 0.3) is 11.1 Å². The maximum absolute atomic E-state index is 12.5. The highest BCUT2D eigenvalue weighted by Crippen LogP contribution is 2.33. The van der Waals surface area contributed by atoms with E-state index >= 15 is 0 Å². The number of aryl methyl sites for hydroxylation is 2. The maximum atomic E-state index is 12.5. The van der Waals surface area contributed by atoms with Gasteiger partial charge in [0.2, 0.25) is 0 Å². The van der Waals surface area contributed by atoms with Crippen LogP contribution in [0.25, 0.3) is 6.08 Å². The first-order valence-corrected chi connectivity index (χ1v) is 8.23. The fourth-order valence-corrected chi connectivity index (χ4v) is 3.23. The van der Waals surface area contributed by atoms with Gasteiger partial charge in [-0.25, -0.2) is 0 Å². The van der Waals surface area contributed by atoms with Gasteiger partial charge in [0.05, 0.1) is 11.4 Å². The molecule has 23 heavy (non-hydrogen) atoms. The van der Waals surface area contributed by atoms with Crippen molar-refractivity contribution < 1.29 is 9.59 Å². The molecule has 0 aliphatic carbocycles. The summed E-state index contributed by atoms with van der Waals surface area (Å²) in [6, 6.07) is 15.7. The van der Waals surface area contributed by atoms with E-state index in [2.05, 4.69) is 0 Å². The van der Waals surface area contributed by atoms with Crippen molar-refractivity contribution in [2.45, 2.75) is 20.4 Å². The minimum Gasteiger partial charge on any atom is -0.268 e. The molecule has 1 aliphatic rings. The van der Waals surface area contributed by atoms with E-state index in [-0.39, 0.29) is 11.1 Å². The van der Waals surface area contributed by atoms with Crippen molar-refractivity contribution in [2.24, 2.45) is 0 Å². The van der Waals surface area contributed by atoms with Crippen LogP contribution >= 0.6 is 11.8 Å². The van der Waals surface area contributed by atoms with Crippen molar-refractivity contribution in [2.75, 3.05) is 0 Å². The molecule has 0 saturated carbocycles. The van der Waals surface area contributed by atoms with Crippen LogP contribution in [0.4, 0.5) is 4.79 Å². The predicted molar refractivity (Wildman–Crippen MR) is 93.9 cm³/mol. The van der Waals surface area contributed by atoms with Crippen molar-refractivity contribution in [1.29, 1.82) is 0 Å². The molecule has 0 aromatic heterocycles. The minimum atomic E-state index is -0.219. The molecule has 2 aromatic rings. The highest BCUT2D eigenvalue weighted by atomic mass is 32.2. The summed E-state index contributed by atoms with van der Waals surface area (Å²) in [4.78, 5) is 26.5. The summed E-state index contributed by atoms with van der Waals surface area (Å²) in [5.41, 5.74) is 4.16. The summed E-state index contributed by atoms with van der Waals surface area (Å²) in [7, 11) is 0. The topological polar surface area (TPSA) is 37.4 Å². The number of imide groups is 1. The van der Waals surface area contributed by atoms with E-state index < -0.39 is 0 Å². The van der Waals surface area contributed by atoms with E-state index in [9.17, 15) is 9.59 Å². The Hall–Kier alpha value is -2.33. The normalized spacial score (nSPS) is 16.4. The average Bonchev–Trinajstić information content (AvgIpc) is 2.79. The van der Waals surface area contributed by atoms with Crippen molar-refractivity contribution in [1.82, 2.24) is 4.90 Å². The lowest BCUT2D eigenvalue weighted by molar-refractivity contribution is -0.123. The fourth-order valence-electron chi connectivity index (χ4n) is 2.40. The van der Waals surface area contributed by atoms with Gasteiger partial charge in [0, 0.05) is 0 Å². The van der Waals surface area contributed by atoms with Crippen LogP contribution in [0.2, 0.25) is 0 Å². The van der Waals surface area contributed by atoms with Gasteiger partial charge in [0.15, 0.2) is 0 Å². The molecule has 0 bridgehead atoms. The number of carbonyl (C=O) groups is 2. The summed E-state index contributed by atoms with van der Waals surface area (Å²) in [5, 5.41) is -0.213. The van der Waals surface area contributed by atoms with Crippen molar-refractivity contribution in [3.05, 3.63) is 75.7 Å². The molecule has 2 amide bonds. The standard InChI is InChI=1S/C19H17NO2S/c1-13-7-9-15(10-8-13)12-20-18(21)17(23-19(20)22)11-16-6-4-3-5-14(16)2/h3-11H,12H2,1-2H3/b17-11-. The second-order valence-corrected chi connectivity index (χ2v) is 6.60. The zero-order valence-corrected chi connectivity index (χ0v) is 13.9. The number of benzene rings is 2. The lowest BCUT2D eigenvalue weighted by atomic mass is 10.1. The first-order valence-electron chi connectivity index (χ1n) is 7.41. The molecule has 0 N–H and O–H groups in total. The summed E-state index contributed by atoms with van der Waals surface area (Å²) in [6.07, 6.45) is 1.80. The Morgan fingerprint density at radius 2 is 1.70 bits per heavy atom. The van der Waals surface area contributed by atoms with E-state index in [0.29, 0.717) is 11.4 Å². The number of amides is 2. The molecule has 4 heteroatoms. The van der Waals surface area contributed by atoms with Gasteiger partial charge in [-0.15, -0.1) is 0 Å². The third-order valence-electron chi connectivity index (χ3n) is 3.81. The zero-order chi connectivity index (χ0) is 16.4. The van der Waals surface area contributed by atoms with E-state index in [0.717, 1.165) is 34.0 Å². The average molecular weight is 323 g/mol. The van der Waals surface area contributed by atoms with Crippen LogP contribution < -0.4 is 0 Å². The smallest absolute Gasteiger partial charge is 0.268 e. The lowest BCUT2D eigenvalue weighted by Crippen LogP contribution is -2.27. The van der Waals surface area contributed by atoms with Crippen molar-refractivity contribution >= 4 is 29.0 Å². The van der Waals surface area contributed by atoms with Crippen LogP contribution in [0.3, 0.4) is 0 Å². The number of hydrogen-bond donors (Lipinski definition) is 0. The van der Waals surface area contributed by atoms with E-state index in [1.54, 1.807) is 6.08 Å². The fraction of sp³-hybridized carbons (Fsp3) is 0.158. The number of carbonyl (C=O) groups excluding carboxylic acids is 2. The molecular weight excluding hydrogens is 306 g/mol. The van der Waals surface area contributed by atoms with Crippen LogP contribution in [0.5, 0.6) is 0 Å². The van der Waals surface area contributed by atoms with Crippen LogP contribution in [-0.4, -0.2) is 16.0 Å². The van der Waals surface area contributed by atoms with E-state index in [1.807, 2.05) is 62.4 Å². The van der Waals surface area contributed by atoms with Crippen LogP contribution in [-0.2, 0) is 11.3 Å². The van der Waals surface area contributed by atoms with Crippen LogP contribution in [0.15, 0.2) is 53.4 Å². The molecule has 0 spiro atoms. The molecule has 116 valence electrons. The number of thioether (sulfide) groups is 1. The predicted octanol–water partition coefficient (Wildman–Crippen LogP) is 4.54. The Bertz CT molecular complexity index is 793. The first-order chi connectivity index (χ1) is 11.0. The lowest BCUT2D eigenvalue weighted by Gasteiger charge is -2.12. The van der Waals surface area contributed by atoms with Crippen molar-refractivity contribution in [3.8, 4) is 0 Å². The Balaban J connectivity index is 1.82. The Labute approximate surface area is 140 Å². The summed E-state index contributed by atoms with van der Waals surface area (Å²) in [5.74, 6) is -0.219. The monoisotopic (exact) mass is 323 g/mol. The first kappa shape index (κ1) is 15.6. The highest BCUT2D eigenvalue weighted by molar-refractivity contribution is 8.18. The Kier molecular flexibility index (Phi) is 4.35. The molecular formula is C19H17NO2S. The number of nitrogens with zero attached hydrogens (tertiary/aromatic N) is 1. The highest BCUT2D eigenvalue weighted by Gasteiger charge is 2.34. The zero-order valence-electron chi connectivity index (χ0n) is 13.1. The molecule has 3 nitrogen and oxygen atoms in total. The summed E-state index contributed by atoms with van der Waals surface area (Å²) >= 11 is 1.01. The molecule has 1 saturated heterocycles. The molecule has 0 radical (unpaired) electrons. The molecule has 1 aliphatic heterocycles. The molecule has 1 heterocycles. The molecule has 0 unspecified atom stereocenters. The van der Waals surface area contributed by atoms with Crippen LogP contribution in [0, 0.1) is 13.8 Å². The molecule has 3 rings (SSSR count). The Morgan fingerprint density at radius 1 is 1.00 bits per heavy atom. The van der Waals surface area contributed by atoms with E-state index in [4.69, 9.17) is 0 Å². The van der Waals surface area contributed by atoms with Gasteiger partial charge < -0.3 is 0 Å². The number of hydrogen-bond acceptors (Lipinski definition) is 3. The Morgan fingerprint density at radius 3 is 2.39 bits per heavy atom. The summed E-state index contributed by atoms with van der Waals surface area (Å²) < 4.78 is 0. The third-order valence-corrected chi connectivity index (χ3v) is 4.72. The number of rotatable bonds is 3. The summed E-state index contributed by atoms with van der Waals surface area (Å²) in [6.45, 7) is 4.31. The largest absolute Gasteiger partial charge is 0.293 e. The van der Waals surface area contributed by atoms with Gasteiger partial charge in [0.1, 0.15) is 0 Å². The second kappa shape index (κ2) is 6.42. The van der Waals surface area contributed by atoms with Gasteiger partial charge in [-0.05, 0) is 48.4 Å². The van der Waals surface area contributed by atoms with Gasteiger partial charge in [-0.2, -0.15) is 0 Å². The van der Waals surface area contributed by atoms with Gasteiger partial charge >= 0.3 is 0 Å². The molecule has 0 atom stereocenters. The van der Waals surface area contributed by atoms with Gasteiger partial charge in [-0.3, -0.25) is 14.5 Å². The van der Waals surface area contributed by atoms with Crippen LogP contribution in [0.1, 0.15) is 22.3 Å². The van der Waals surface area contributed by atoms with Gasteiger partial charge in [-0.1, -0.05) is 54.1 Å². The second-order valence-electron chi connectivity index (χ2n) is 5.61. The maximum Gasteiger partial charge on any atom is 0.293 e. The molecule has 2 aromatic carbocycles. The van der Waals surface area contributed by atoms with E-state index in [1.165, 1.54) is 4.90 Å². The quantitative estimate of drug-likeness (QED) is 0.778.